The molecule has 2 aromatic rings. The molecule has 1 aliphatic heterocycles. The number of rotatable bonds is 4. The molecular weight excluding hydrogens is 282 g/mol. The molecule has 1 saturated heterocycles. The number of hydrogen-bond acceptors (Lipinski definition) is 3. The summed E-state index contributed by atoms with van der Waals surface area (Å²) in [4.78, 5) is 39.7. The highest BCUT2D eigenvalue weighted by atomic mass is 16.2. The van der Waals surface area contributed by atoms with Gasteiger partial charge < -0.3 is 10.3 Å². The highest BCUT2D eigenvalue weighted by Crippen LogP contribution is 2.14. The molecule has 1 fully saturated rings. The van der Waals surface area contributed by atoms with Crippen LogP contribution in [0.25, 0.3) is 10.9 Å². The van der Waals surface area contributed by atoms with E-state index in [0.29, 0.717) is 24.8 Å². The molecule has 1 aliphatic rings. The number of fused-ring (bicyclic) bond motifs is 1. The molecule has 22 heavy (non-hydrogen) atoms. The molecule has 6 nitrogen and oxygen atoms in total. The minimum absolute atomic E-state index is 0.153. The van der Waals surface area contributed by atoms with Crippen LogP contribution in [-0.2, 0) is 9.59 Å². The molecule has 0 unspecified atom stereocenters. The number of imide groups is 1. The Bertz CT molecular complexity index is 719. The Labute approximate surface area is 127 Å². The molecule has 3 amide bonds. The van der Waals surface area contributed by atoms with Gasteiger partial charge in [0.25, 0.3) is 5.91 Å². The molecule has 0 radical (unpaired) electrons. The third-order valence-corrected chi connectivity index (χ3v) is 3.82. The van der Waals surface area contributed by atoms with Gasteiger partial charge in [-0.3, -0.25) is 19.3 Å². The van der Waals surface area contributed by atoms with Crippen LogP contribution in [0.1, 0.15) is 29.6 Å². The van der Waals surface area contributed by atoms with Crippen LogP contribution in [0, 0.1) is 0 Å². The van der Waals surface area contributed by atoms with E-state index in [0.717, 1.165) is 10.9 Å². The summed E-state index contributed by atoms with van der Waals surface area (Å²) < 4.78 is 0. The van der Waals surface area contributed by atoms with E-state index in [4.69, 9.17) is 0 Å². The van der Waals surface area contributed by atoms with E-state index in [9.17, 15) is 14.4 Å². The van der Waals surface area contributed by atoms with Gasteiger partial charge in [0, 0.05) is 48.6 Å². The van der Waals surface area contributed by atoms with Crippen LogP contribution in [0.2, 0.25) is 0 Å². The van der Waals surface area contributed by atoms with Crippen molar-refractivity contribution < 1.29 is 14.4 Å². The summed E-state index contributed by atoms with van der Waals surface area (Å²) in [7, 11) is 0. The first-order chi connectivity index (χ1) is 10.6. The molecular formula is C16H17N3O3. The van der Waals surface area contributed by atoms with E-state index < -0.39 is 0 Å². The smallest absolute Gasteiger partial charge is 0.251 e. The van der Waals surface area contributed by atoms with Gasteiger partial charge in [-0.2, -0.15) is 0 Å². The maximum absolute atomic E-state index is 12.1. The van der Waals surface area contributed by atoms with Crippen molar-refractivity contribution in [3.8, 4) is 0 Å². The van der Waals surface area contributed by atoms with Crippen LogP contribution in [0.3, 0.4) is 0 Å². The lowest BCUT2D eigenvalue weighted by Crippen LogP contribution is -2.44. The number of H-pyrrole nitrogens is 1. The van der Waals surface area contributed by atoms with Gasteiger partial charge in [-0.05, 0) is 30.7 Å². The fourth-order valence-electron chi connectivity index (χ4n) is 2.63. The number of carbonyl (C=O) groups excluding carboxylic acids is 3. The molecule has 6 heteroatoms. The molecule has 3 rings (SSSR count). The Morgan fingerprint density at radius 3 is 2.73 bits per heavy atom. The first kappa shape index (κ1) is 14.3. The fourth-order valence-corrected chi connectivity index (χ4v) is 2.63. The highest BCUT2D eigenvalue weighted by Gasteiger charge is 2.25. The zero-order valence-corrected chi connectivity index (χ0v) is 12.1. The summed E-state index contributed by atoms with van der Waals surface area (Å²) in [5.41, 5.74) is 1.53. The molecule has 0 aliphatic carbocycles. The topological polar surface area (TPSA) is 82.3 Å². The Morgan fingerprint density at radius 2 is 1.95 bits per heavy atom. The van der Waals surface area contributed by atoms with Crippen molar-refractivity contribution >= 4 is 28.6 Å². The summed E-state index contributed by atoms with van der Waals surface area (Å²) in [6.07, 6.45) is 3.25. The summed E-state index contributed by atoms with van der Waals surface area (Å²) in [5.74, 6) is -0.515. The van der Waals surface area contributed by atoms with Gasteiger partial charge in [0.15, 0.2) is 0 Å². The lowest BCUT2D eigenvalue weighted by molar-refractivity contribution is -0.147. The average Bonchev–Trinajstić information content (AvgIpc) is 2.97. The van der Waals surface area contributed by atoms with Crippen LogP contribution in [0.5, 0.6) is 0 Å². The summed E-state index contributed by atoms with van der Waals surface area (Å²) in [6.45, 7) is 0.497. The standard InChI is InChI=1S/C16H17N3O3/c20-14-2-1-3-15(21)19(14)9-8-18-16(22)12-4-5-13-11(10-12)6-7-17-13/h4-7,10,17H,1-3,8-9H2,(H,18,22). The zero-order chi connectivity index (χ0) is 15.5. The second-order valence-electron chi connectivity index (χ2n) is 5.33. The van der Waals surface area contributed by atoms with Gasteiger partial charge in [0.1, 0.15) is 0 Å². The lowest BCUT2D eigenvalue weighted by atomic mass is 10.1. The van der Waals surface area contributed by atoms with Gasteiger partial charge in [0.2, 0.25) is 11.8 Å². The van der Waals surface area contributed by atoms with E-state index in [1.165, 1.54) is 4.90 Å². The van der Waals surface area contributed by atoms with Gasteiger partial charge in [-0.1, -0.05) is 0 Å². The third-order valence-electron chi connectivity index (χ3n) is 3.82. The number of aromatic nitrogens is 1. The summed E-state index contributed by atoms with van der Waals surface area (Å²) in [5, 5.41) is 3.72. The van der Waals surface area contributed by atoms with Crippen molar-refractivity contribution in [2.75, 3.05) is 13.1 Å². The van der Waals surface area contributed by atoms with E-state index in [2.05, 4.69) is 10.3 Å². The van der Waals surface area contributed by atoms with Gasteiger partial charge in [-0.15, -0.1) is 0 Å². The Kier molecular flexibility index (Phi) is 3.91. The van der Waals surface area contributed by atoms with Crippen LogP contribution in [-0.4, -0.2) is 40.7 Å². The normalized spacial score (nSPS) is 15.4. The maximum Gasteiger partial charge on any atom is 0.251 e. The number of piperidine rings is 1. The number of amides is 3. The van der Waals surface area contributed by atoms with E-state index in [1.54, 1.807) is 12.1 Å². The van der Waals surface area contributed by atoms with E-state index in [-0.39, 0.29) is 30.8 Å². The number of benzene rings is 1. The average molecular weight is 299 g/mol. The van der Waals surface area contributed by atoms with Crippen LogP contribution < -0.4 is 5.32 Å². The lowest BCUT2D eigenvalue weighted by Gasteiger charge is -2.24. The van der Waals surface area contributed by atoms with Crippen LogP contribution >= 0.6 is 0 Å². The van der Waals surface area contributed by atoms with Crippen molar-refractivity contribution in [1.82, 2.24) is 15.2 Å². The number of aromatic amines is 1. The number of likely N-dealkylation sites (tertiary alicyclic amines) is 1. The molecule has 0 atom stereocenters. The molecule has 0 saturated carbocycles. The first-order valence-electron chi connectivity index (χ1n) is 7.34. The second kappa shape index (κ2) is 6.01. The second-order valence-corrected chi connectivity index (χ2v) is 5.33. The number of hydrogen-bond donors (Lipinski definition) is 2. The summed E-state index contributed by atoms with van der Waals surface area (Å²) >= 11 is 0. The van der Waals surface area contributed by atoms with Crippen molar-refractivity contribution in [2.24, 2.45) is 0 Å². The molecule has 2 N–H and O–H groups in total. The van der Waals surface area contributed by atoms with Gasteiger partial charge in [-0.25, -0.2) is 0 Å². The fraction of sp³-hybridized carbons (Fsp3) is 0.312. The SMILES string of the molecule is O=C(NCCN1C(=O)CCCC1=O)c1ccc2[nH]ccc2c1. The van der Waals surface area contributed by atoms with E-state index >= 15 is 0 Å². The van der Waals surface area contributed by atoms with Gasteiger partial charge >= 0.3 is 0 Å². The number of nitrogens with zero attached hydrogens (tertiary/aromatic N) is 1. The molecule has 1 aromatic heterocycles. The van der Waals surface area contributed by atoms with Crippen molar-refractivity contribution in [3.63, 3.8) is 0 Å². The monoisotopic (exact) mass is 299 g/mol. The van der Waals surface area contributed by atoms with Crippen molar-refractivity contribution in [3.05, 3.63) is 36.0 Å². The molecule has 0 bridgehead atoms. The third kappa shape index (κ3) is 2.86. The van der Waals surface area contributed by atoms with Crippen molar-refractivity contribution in [1.29, 1.82) is 0 Å². The number of carbonyl (C=O) groups is 3. The molecule has 2 heterocycles. The molecule has 114 valence electrons. The largest absolute Gasteiger partial charge is 0.361 e. The predicted octanol–water partition coefficient (Wildman–Crippen LogP) is 1.44. The van der Waals surface area contributed by atoms with E-state index in [1.807, 2.05) is 18.3 Å². The first-order valence-corrected chi connectivity index (χ1v) is 7.34. The number of nitrogens with one attached hydrogen (secondary N) is 2. The van der Waals surface area contributed by atoms with Crippen molar-refractivity contribution in [2.45, 2.75) is 19.3 Å². The van der Waals surface area contributed by atoms with Crippen LogP contribution in [0.15, 0.2) is 30.5 Å². The quantitative estimate of drug-likeness (QED) is 0.838. The Balaban J connectivity index is 1.57. The Hall–Kier alpha value is -2.63. The Morgan fingerprint density at radius 1 is 1.18 bits per heavy atom. The minimum Gasteiger partial charge on any atom is -0.361 e. The molecule has 0 spiro atoms. The predicted molar refractivity (Wildman–Crippen MR) is 81.2 cm³/mol. The van der Waals surface area contributed by atoms with Crippen LogP contribution in [0.4, 0.5) is 0 Å². The zero-order valence-electron chi connectivity index (χ0n) is 12.1. The summed E-state index contributed by atoms with van der Waals surface area (Å²) in [6, 6.07) is 7.29. The molecule has 1 aromatic carbocycles. The minimum atomic E-state index is -0.208. The van der Waals surface area contributed by atoms with Gasteiger partial charge in [0.05, 0.1) is 0 Å². The maximum atomic E-state index is 12.1. The highest BCUT2D eigenvalue weighted by molar-refractivity contribution is 5.99.